The largest absolute Gasteiger partial charge is 0.462 e. The first kappa shape index (κ1) is 28.6. The molecule has 1 aromatic heterocycles. The van der Waals surface area contributed by atoms with E-state index in [-0.39, 0.29) is 29.5 Å². The molecule has 3 rings (SSSR count). The van der Waals surface area contributed by atoms with Crippen LogP contribution in [0.3, 0.4) is 0 Å². The van der Waals surface area contributed by atoms with Gasteiger partial charge in [0, 0.05) is 22.6 Å². The first-order valence-electron chi connectivity index (χ1n) is 11.2. The second-order valence-corrected chi connectivity index (χ2v) is 8.81. The van der Waals surface area contributed by atoms with Gasteiger partial charge in [-0.2, -0.15) is 13.2 Å². The van der Waals surface area contributed by atoms with E-state index in [4.69, 9.17) is 9.47 Å². The maximum atomic E-state index is 14.7. The zero-order valence-corrected chi connectivity index (χ0v) is 21.2. The maximum Gasteiger partial charge on any atom is 0.416 e. The lowest BCUT2D eigenvalue weighted by Gasteiger charge is -2.24. The number of nitro groups is 1. The first-order valence-corrected chi connectivity index (χ1v) is 12.1. The topological polar surface area (TPSA) is 99.0 Å². The van der Waals surface area contributed by atoms with E-state index in [1.807, 2.05) is 0 Å². The molecule has 0 N–H and O–H groups in total. The van der Waals surface area contributed by atoms with Crippen molar-refractivity contribution in [1.29, 1.82) is 0 Å². The van der Waals surface area contributed by atoms with Gasteiger partial charge < -0.3 is 9.47 Å². The third-order valence-electron chi connectivity index (χ3n) is 5.42. The quantitative estimate of drug-likeness (QED) is 0.127. The van der Waals surface area contributed by atoms with Gasteiger partial charge in [0.05, 0.1) is 35.8 Å². The summed E-state index contributed by atoms with van der Waals surface area (Å²) in [6.45, 7) is 3.49. The molecule has 1 heterocycles. The molecule has 202 valence electrons. The van der Waals surface area contributed by atoms with Crippen molar-refractivity contribution in [1.82, 2.24) is 0 Å². The van der Waals surface area contributed by atoms with Crippen LogP contribution in [0, 0.1) is 22.9 Å². The third kappa shape index (κ3) is 5.93. The second kappa shape index (κ2) is 11.6. The number of amides is 1. The molecular weight excluding hydrogens is 532 g/mol. The van der Waals surface area contributed by atoms with E-state index >= 15 is 0 Å². The molecule has 0 aliphatic carbocycles. The van der Waals surface area contributed by atoms with E-state index in [0.717, 1.165) is 28.4 Å². The van der Waals surface area contributed by atoms with Crippen LogP contribution in [-0.4, -0.2) is 30.2 Å². The normalized spacial score (nSPS) is 11.2. The van der Waals surface area contributed by atoms with E-state index in [1.54, 1.807) is 6.92 Å². The number of hydrogen-bond acceptors (Lipinski definition) is 7. The average Bonchev–Trinajstić information content (AvgIpc) is 3.19. The number of anilines is 1. The van der Waals surface area contributed by atoms with Crippen molar-refractivity contribution >= 4 is 34.1 Å². The Labute approximate surface area is 218 Å². The summed E-state index contributed by atoms with van der Waals surface area (Å²) in [6.07, 6.45) is -6.03. The highest BCUT2D eigenvalue weighted by Crippen LogP contribution is 2.44. The van der Waals surface area contributed by atoms with Gasteiger partial charge in [-0.3, -0.25) is 15.0 Å². The van der Waals surface area contributed by atoms with Gasteiger partial charge in [0.2, 0.25) is 0 Å². The molecule has 0 aliphatic rings. The molecule has 0 aliphatic heterocycles. The Morgan fingerprint density at radius 2 is 1.68 bits per heavy atom. The van der Waals surface area contributed by atoms with Crippen molar-refractivity contribution < 1.29 is 41.5 Å². The zero-order chi connectivity index (χ0) is 28.2. The van der Waals surface area contributed by atoms with Gasteiger partial charge in [0.25, 0.3) is 5.69 Å². The average molecular weight is 555 g/mol. The van der Waals surface area contributed by atoms with E-state index < -0.39 is 46.7 Å². The fourth-order valence-electron chi connectivity index (χ4n) is 3.71. The van der Waals surface area contributed by atoms with Gasteiger partial charge in [-0.05, 0) is 56.2 Å². The van der Waals surface area contributed by atoms with Crippen molar-refractivity contribution in [3.05, 3.63) is 80.6 Å². The molecule has 0 fully saturated rings. The number of halogens is 4. The minimum Gasteiger partial charge on any atom is -0.462 e. The fourth-order valence-corrected chi connectivity index (χ4v) is 5.00. The predicted molar refractivity (Wildman–Crippen MR) is 132 cm³/mol. The van der Waals surface area contributed by atoms with Crippen molar-refractivity contribution in [2.45, 2.75) is 33.5 Å². The smallest absolute Gasteiger partial charge is 0.416 e. The molecule has 0 unspecified atom stereocenters. The summed E-state index contributed by atoms with van der Waals surface area (Å²) in [7, 11) is 0. The minimum absolute atomic E-state index is 0.0363. The van der Waals surface area contributed by atoms with Gasteiger partial charge in [-0.25, -0.2) is 14.0 Å². The number of nitrogens with zero attached hydrogens (tertiary/aromatic N) is 2. The molecule has 8 nitrogen and oxygen atoms in total. The lowest BCUT2D eigenvalue weighted by atomic mass is 10.0. The molecule has 3 aromatic rings. The molecule has 0 radical (unpaired) electrons. The highest BCUT2D eigenvalue weighted by Gasteiger charge is 2.37. The van der Waals surface area contributed by atoms with E-state index in [0.29, 0.717) is 22.1 Å². The fraction of sp³-hybridized carbons (Fsp3) is 0.280. The molecule has 2 aromatic carbocycles. The van der Waals surface area contributed by atoms with Gasteiger partial charge >= 0.3 is 18.2 Å². The highest BCUT2D eigenvalue weighted by molar-refractivity contribution is 7.20. The summed E-state index contributed by atoms with van der Waals surface area (Å²) in [5, 5.41) is 10.9. The van der Waals surface area contributed by atoms with Gasteiger partial charge in [-0.15, -0.1) is 11.3 Å². The first-order chi connectivity index (χ1) is 17.9. The Morgan fingerprint density at radius 3 is 2.24 bits per heavy atom. The number of hydrogen-bond donors (Lipinski definition) is 0. The maximum absolute atomic E-state index is 14.7. The highest BCUT2D eigenvalue weighted by atomic mass is 32.1. The Balaban J connectivity index is 2.25. The van der Waals surface area contributed by atoms with Crippen molar-refractivity contribution in [3.63, 3.8) is 0 Å². The van der Waals surface area contributed by atoms with E-state index in [1.165, 1.54) is 38.1 Å². The number of non-ortho nitro benzene ring substituents is 1. The Morgan fingerprint density at radius 1 is 1.05 bits per heavy atom. The molecule has 0 bridgehead atoms. The van der Waals surface area contributed by atoms with Crippen LogP contribution >= 0.6 is 11.3 Å². The van der Waals surface area contributed by atoms with Crippen LogP contribution in [0.1, 0.15) is 40.9 Å². The van der Waals surface area contributed by atoms with E-state index in [2.05, 4.69) is 0 Å². The van der Waals surface area contributed by atoms with Crippen LogP contribution in [0.25, 0.3) is 10.4 Å². The van der Waals surface area contributed by atoms with Gasteiger partial charge in [-0.1, -0.05) is 6.07 Å². The Kier molecular flexibility index (Phi) is 8.71. The lowest BCUT2D eigenvalue weighted by molar-refractivity contribution is -0.384. The van der Waals surface area contributed by atoms with Crippen molar-refractivity contribution in [2.24, 2.45) is 0 Å². The van der Waals surface area contributed by atoms with Crippen LogP contribution in [-0.2, 0) is 22.2 Å². The molecule has 13 heteroatoms. The van der Waals surface area contributed by atoms with Crippen LogP contribution in [0.5, 0.6) is 0 Å². The summed E-state index contributed by atoms with van der Waals surface area (Å²) in [5.41, 5.74) is -1.64. The van der Waals surface area contributed by atoms with Crippen molar-refractivity contribution in [3.8, 4) is 10.4 Å². The summed E-state index contributed by atoms with van der Waals surface area (Å²) in [5.74, 6) is -2.06. The third-order valence-corrected chi connectivity index (χ3v) is 6.79. The molecule has 1 amide bonds. The molecular formula is C25H22F4N2O6S. The minimum atomic E-state index is -4.92. The van der Waals surface area contributed by atoms with Crippen LogP contribution in [0.15, 0.2) is 42.5 Å². The summed E-state index contributed by atoms with van der Waals surface area (Å²) < 4.78 is 66.0. The Hall–Kier alpha value is -4.00. The Bertz CT molecular complexity index is 1360. The number of carbonyl (C=O) groups excluding carboxylic acids is 2. The van der Waals surface area contributed by atoms with Crippen molar-refractivity contribution in [2.75, 3.05) is 18.1 Å². The van der Waals surface area contributed by atoms with Crippen LogP contribution < -0.4 is 4.90 Å². The summed E-state index contributed by atoms with van der Waals surface area (Å²) in [6, 6.07) is 7.79. The van der Waals surface area contributed by atoms with E-state index in [9.17, 15) is 37.3 Å². The number of thiophene rings is 1. The van der Waals surface area contributed by atoms with Gasteiger partial charge in [0.1, 0.15) is 10.8 Å². The number of alkyl halides is 3. The number of ether oxygens (including phenoxy) is 2. The number of carbonyl (C=O) groups is 2. The van der Waals surface area contributed by atoms with Crippen LogP contribution in [0.2, 0.25) is 0 Å². The number of rotatable bonds is 8. The number of benzene rings is 2. The lowest BCUT2D eigenvalue weighted by Crippen LogP contribution is -2.33. The van der Waals surface area contributed by atoms with Gasteiger partial charge in [0.15, 0.2) is 0 Å². The molecule has 0 atom stereocenters. The second-order valence-electron chi connectivity index (χ2n) is 7.81. The summed E-state index contributed by atoms with van der Waals surface area (Å²) in [4.78, 5) is 37.6. The molecule has 0 saturated heterocycles. The zero-order valence-electron chi connectivity index (χ0n) is 20.4. The summed E-state index contributed by atoms with van der Waals surface area (Å²) >= 11 is 0.859. The molecule has 0 saturated carbocycles. The standard InChI is InChI=1S/C25H22F4N2O6S/c1-4-36-23(32)20-14(3)21(15-9-11-16(12-10-15)31(34)35)38-22(20)30(24(33)37-5-2)13-17-18(25(27,28)29)7-6-8-19(17)26/h6-12H,4-5,13H2,1-3H3. The molecule has 0 spiro atoms. The number of esters is 1. The van der Waals surface area contributed by atoms with Crippen LogP contribution in [0.4, 0.5) is 33.0 Å². The number of nitro benzene ring substituents is 1. The molecule has 38 heavy (non-hydrogen) atoms. The SMILES string of the molecule is CCOC(=O)c1c(N(Cc2c(F)cccc2C(F)(F)F)C(=O)OCC)sc(-c2ccc([N+](=O)[O-])cc2)c1C. The monoisotopic (exact) mass is 554 g/mol. The predicted octanol–water partition coefficient (Wildman–Crippen LogP) is 7.13.